The molecule has 3 aromatic rings. The average molecular weight is 450 g/mol. The van der Waals surface area contributed by atoms with Crippen molar-refractivity contribution in [3.8, 4) is 5.69 Å². The fourth-order valence-corrected chi connectivity index (χ4v) is 2.65. The molecule has 1 heterocycles. The van der Waals surface area contributed by atoms with Gasteiger partial charge in [0.25, 0.3) is 5.69 Å². The van der Waals surface area contributed by atoms with Crippen molar-refractivity contribution in [2.75, 3.05) is 5.32 Å². The van der Waals surface area contributed by atoms with Crippen LogP contribution in [0.2, 0.25) is 0 Å². The molecule has 8 nitrogen and oxygen atoms in total. The Morgan fingerprint density at radius 2 is 2.00 bits per heavy atom. The van der Waals surface area contributed by atoms with Gasteiger partial charge in [-0.15, -0.1) is 0 Å². The molecule has 9 heteroatoms. The number of rotatable bonds is 5. The number of carboxylic acids is 1. The molecule has 0 atom stereocenters. The van der Waals surface area contributed by atoms with E-state index in [0.29, 0.717) is 5.69 Å². The van der Waals surface area contributed by atoms with E-state index in [1.807, 2.05) is 12.1 Å². The second-order valence-electron chi connectivity index (χ2n) is 5.03. The van der Waals surface area contributed by atoms with Crippen molar-refractivity contribution in [3.05, 3.63) is 74.1 Å². The van der Waals surface area contributed by atoms with Crippen molar-refractivity contribution < 1.29 is 14.8 Å². The van der Waals surface area contributed by atoms with Crippen molar-refractivity contribution >= 4 is 45.6 Å². The highest BCUT2D eigenvalue weighted by molar-refractivity contribution is 14.1. The number of nitrogens with one attached hydrogen (secondary N) is 1. The number of anilines is 2. The lowest BCUT2D eigenvalue weighted by Crippen LogP contribution is -2.08. The number of halogens is 1. The molecule has 2 aromatic carbocycles. The highest BCUT2D eigenvalue weighted by atomic mass is 127. The summed E-state index contributed by atoms with van der Waals surface area (Å²) in [6, 6.07) is 11.3. The largest absolute Gasteiger partial charge is 0.478 e. The molecule has 0 amide bonds. The summed E-state index contributed by atoms with van der Waals surface area (Å²) in [7, 11) is 0. The van der Waals surface area contributed by atoms with Crippen LogP contribution in [0.15, 0.2) is 54.9 Å². The Kier molecular flexibility index (Phi) is 4.65. The molecule has 0 radical (unpaired) electrons. The molecule has 0 aliphatic heterocycles. The molecule has 0 aliphatic carbocycles. The predicted octanol–water partition coefficient (Wildman–Crippen LogP) is 3.83. The number of carboxylic acid groups (broad SMARTS) is 1. The Morgan fingerprint density at radius 3 is 2.56 bits per heavy atom. The fraction of sp³-hybridized carbons (Fsp3) is 0. The van der Waals surface area contributed by atoms with Crippen LogP contribution in [0.4, 0.5) is 17.1 Å². The van der Waals surface area contributed by atoms with E-state index < -0.39 is 10.9 Å². The number of carbonyl (C=O) groups is 1. The molecular formula is C16H11IN4O4. The fourth-order valence-electron chi connectivity index (χ4n) is 2.29. The normalized spacial score (nSPS) is 10.4. The van der Waals surface area contributed by atoms with Crippen LogP contribution in [0.3, 0.4) is 0 Å². The van der Waals surface area contributed by atoms with Crippen LogP contribution in [-0.2, 0) is 0 Å². The summed E-state index contributed by atoms with van der Waals surface area (Å²) in [4.78, 5) is 22.5. The molecular weight excluding hydrogens is 439 g/mol. The minimum Gasteiger partial charge on any atom is -0.478 e. The number of nitro groups is 1. The molecule has 0 aliphatic rings. The van der Waals surface area contributed by atoms with Crippen molar-refractivity contribution in [1.82, 2.24) is 9.78 Å². The van der Waals surface area contributed by atoms with E-state index in [1.54, 1.807) is 18.2 Å². The number of aromatic nitrogens is 2. The maximum Gasteiger partial charge on any atom is 0.337 e. The van der Waals surface area contributed by atoms with Crippen molar-refractivity contribution in [1.29, 1.82) is 0 Å². The summed E-state index contributed by atoms with van der Waals surface area (Å²) in [6.45, 7) is 0. The second kappa shape index (κ2) is 6.89. The third-order valence-corrected chi connectivity index (χ3v) is 4.14. The number of hydrogen-bond acceptors (Lipinski definition) is 5. The zero-order valence-corrected chi connectivity index (χ0v) is 14.7. The summed E-state index contributed by atoms with van der Waals surface area (Å²) in [5, 5.41) is 27.8. The van der Waals surface area contributed by atoms with E-state index in [-0.39, 0.29) is 22.6 Å². The van der Waals surface area contributed by atoms with Gasteiger partial charge >= 0.3 is 5.97 Å². The third kappa shape index (κ3) is 3.60. The lowest BCUT2D eigenvalue weighted by Gasteiger charge is -2.12. The van der Waals surface area contributed by atoms with Crippen LogP contribution in [0.25, 0.3) is 5.69 Å². The molecule has 1 aromatic heterocycles. The van der Waals surface area contributed by atoms with Crippen LogP contribution < -0.4 is 5.32 Å². The standard InChI is InChI=1S/C16H11IN4O4/c17-10-2-4-11(5-3-10)19-13-9-15(21(24)25)14(8-12(13)16(22)23)20-7-1-6-18-20/h1-9,19H,(H,22,23). The Morgan fingerprint density at radius 1 is 1.28 bits per heavy atom. The van der Waals surface area contributed by atoms with Gasteiger partial charge in [-0.1, -0.05) is 0 Å². The first kappa shape index (κ1) is 16.9. The van der Waals surface area contributed by atoms with Crippen molar-refractivity contribution in [2.24, 2.45) is 0 Å². The van der Waals surface area contributed by atoms with Crippen LogP contribution in [0.1, 0.15) is 10.4 Å². The van der Waals surface area contributed by atoms with Gasteiger partial charge in [0, 0.05) is 27.7 Å². The van der Waals surface area contributed by atoms with E-state index >= 15 is 0 Å². The van der Waals surface area contributed by atoms with Crippen LogP contribution >= 0.6 is 22.6 Å². The van der Waals surface area contributed by atoms with Gasteiger partial charge in [0.15, 0.2) is 0 Å². The van der Waals surface area contributed by atoms with Gasteiger partial charge in [-0.25, -0.2) is 9.48 Å². The van der Waals surface area contributed by atoms with Gasteiger partial charge in [-0.05, 0) is 59.0 Å². The van der Waals surface area contributed by atoms with E-state index in [4.69, 9.17) is 0 Å². The minimum absolute atomic E-state index is 0.0839. The molecule has 0 spiro atoms. The number of nitro benzene ring substituents is 1. The van der Waals surface area contributed by atoms with Gasteiger partial charge in [0.05, 0.1) is 16.2 Å². The summed E-state index contributed by atoms with van der Waals surface area (Å²) in [6.07, 6.45) is 2.97. The topological polar surface area (TPSA) is 110 Å². The zero-order chi connectivity index (χ0) is 18.0. The Bertz CT molecular complexity index is 940. The van der Waals surface area contributed by atoms with E-state index in [9.17, 15) is 20.0 Å². The molecule has 3 rings (SSSR count). The quantitative estimate of drug-likeness (QED) is 0.348. The first-order chi connectivity index (χ1) is 12.0. The molecule has 25 heavy (non-hydrogen) atoms. The van der Waals surface area contributed by atoms with Gasteiger partial charge in [-0.2, -0.15) is 5.10 Å². The highest BCUT2D eigenvalue weighted by Crippen LogP contribution is 2.32. The summed E-state index contributed by atoms with van der Waals surface area (Å²) in [5.41, 5.74) is 0.511. The molecule has 2 N–H and O–H groups in total. The van der Waals surface area contributed by atoms with Crippen LogP contribution in [0.5, 0.6) is 0 Å². The second-order valence-corrected chi connectivity index (χ2v) is 6.28. The maximum absolute atomic E-state index is 11.6. The molecule has 0 saturated carbocycles. The molecule has 0 saturated heterocycles. The number of benzene rings is 2. The zero-order valence-electron chi connectivity index (χ0n) is 12.6. The Labute approximate surface area is 155 Å². The Hall–Kier alpha value is -2.95. The number of aromatic carboxylic acids is 1. The van der Waals surface area contributed by atoms with E-state index in [0.717, 1.165) is 3.57 Å². The third-order valence-electron chi connectivity index (χ3n) is 3.42. The van der Waals surface area contributed by atoms with Gasteiger partial charge in [0.2, 0.25) is 0 Å². The van der Waals surface area contributed by atoms with E-state index in [2.05, 4.69) is 33.0 Å². The van der Waals surface area contributed by atoms with E-state index in [1.165, 1.54) is 29.2 Å². The lowest BCUT2D eigenvalue weighted by atomic mass is 10.1. The van der Waals surface area contributed by atoms with Crippen molar-refractivity contribution in [2.45, 2.75) is 0 Å². The average Bonchev–Trinajstić information content (AvgIpc) is 3.10. The minimum atomic E-state index is -1.20. The molecule has 0 fully saturated rings. The van der Waals surface area contributed by atoms with Gasteiger partial charge in [0.1, 0.15) is 5.69 Å². The summed E-state index contributed by atoms with van der Waals surface area (Å²) in [5.74, 6) is -1.20. The molecule has 0 unspecified atom stereocenters. The summed E-state index contributed by atoms with van der Waals surface area (Å²) >= 11 is 2.15. The van der Waals surface area contributed by atoms with Gasteiger partial charge in [-0.3, -0.25) is 10.1 Å². The van der Waals surface area contributed by atoms with Crippen LogP contribution in [-0.4, -0.2) is 25.8 Å². The van der Waals surface area contributed by atoms with Crippen molar-refractivity contribution in [3.63, 3.8) is 0 Å². The molecule has 0 bridgehead atoms. The van der Waals surface area contributed by atoms with Gasteiger partial charge < -0.3 is 10.4 Å². The number of nitrogens with zero attached hydrogens (tertiary/aromatic N) is 3. The SMILES string of the molecule is O=C(O)c1cc(-n2cccn2)c([N+](=O)[O-])cc1Nc1ccc(I)cc1. The Balaban J connectivity index is 2.14. The first-order valence-corrected chi connectivity index (χ1v) is 8.12. The number of hydrogen-bond donors (Lipinski definition) is 2. The molecule has 126 valence electrons. The van der Waals surface area contributed by atoms with Crippen LogP contribution in [0, 0.1) is 13.7 Å². The monoisotopic (exact) mass is 450 g/mol. The highest BCUT2D eigenvalue weighted by Gasteiger charge is 2.23. The maximum atomic E-state index is 11.6. The summed E-state index contributed by atoms with van der Waals surface area (Å²) < 4.78 is 2.28. The smallest absolute Gasteiger partial charge is 0.337 e. The predicted molar refractivity (Wildman–Crippen MR) is 99.6 cm³/mol. The first-order valence-electron chi connectivity index (χ1n) is 7.04. The lowest BCUT2D eigenvalue weighted by molar-refractivity contribution is -0.384.